The van der Waals surface area contributed by atoms with Crippen LogP contribution in [0.4, 0.5) is 0 Å². The van der Waals surface area contributed by atoms with Crippen molar-refractivity contribution < 1.29 is 8.42 Å². The van der Waals surface area contributed by atoms with Crippen molar-refractivity contribution in [1.82, 2.24) is 14.5 Å². The van der Waals surface area contributed by atoms with Gasteiger partial charge in [-0.3, -0.25) is 4.90 Å². The average Bonchev–Trinajstić information content (AvgIpc) is 3.16. The summed E-state index contributed by atoms with van der Waals surface area (Å²) in [6, 6.07) is 13.8. The van der Waals surface area contributed by atoms with Crippen LogP contribution < -0.4 is 5.32 Å². The van der Waals surface area contributed by atoms with E-state index in [9.17, 15) is 8.42 Å². The number of nitrogens with zero attached hydrogens (tertiary/aromatic N) is 2. The molecule has 0 bridgehead atoms. The second-order valence-corrected chi connectivity index (χ2v) is 8.47. The lowest BCUT2D eigenvalue weighted by Crippen LogP contribution is -2.52. The molecule has 2 aliphatic rings. The lowest BCUT2D eigenvalue weighted by molar-refractivity contribution is 0.145. The van der Waals surface area contributed by atoms with Gasteiger partial charge in [-0.1, -0.05) is 36.4 Å². The molecule has 2 aromatic rings. The zero-order valence-electron chi connectivity index (χ0n) is 13.7. The largest absolute Gasteiger partial charge is 0.315 e. The predicted molar refractivity (Wildman–Crippen MR) is 95.6 cm³/mol. The van der Waals surface area contributed by atoms with E-state index in [1.807, 2.05) is 36.4 Å². The average molecular weight is 345 g/mol. The summed E-state index contributed by atoms with van der Waals surface area (Å²) in [6.07, 6.45) is 1.16. The molecule has 1 unspecified atom stereocenters. The monoisotopic (exact) mass is 345 g/mol. The minimum Gasteiger partial charge on any atom is -0.315 e. The summed E-state index contributed by atoms with van der Waals surface area (Å²) in [4.78, 5) is 2.85. The van der Waals surface area contributed by atoms with Crippen LogP contribution in [0.5, 0.6) is 0 Å². The Bertz CT molecular complexity index is 818. The Morgan fingerprint density at radius 2 is 1.71 bits per heavy atom. The highest BCUT2D eigenvalue weighted by Gasteiger charge is 2.32. The summed E-state index contributed by atoms with van der Waals surface area (Å²) in [5.74, 6) is 0. The Morgan fingerprint density at radius 1 is 0.958 bits per heavy atom. The quantitative estimate of drug-likeness (QED) is 0.916. The van der Waals surface area contributed by atoms with Crippen molar-refractivity contribution in [3.8, 4) is 0 Å². The smallest absolute Gasteiger partial charge is 0.243 e. The topological polar surface area (TPSA) is 52.7 Å². The number of hydrogen-bond donors (Lipinski definition) is 1. The molecule has 128 valence electrons. The van der Waals surface area contributed by atoms with E-state index in [0.717, 1.165) is 43.4 Å². The first-order chi connectivity index (χ1) is 11.7. The van der Waals surface area contributed by atoms with Crippen LogP contribution in [0.3, 0.4) is 0 Å². The number of hydrogen-bond acceptors (Lipinski definition) is 4. The van der Waals surface area contributed by atoms with Crippen LogP contribution in [0.25, 0.3) is 10.8 Å². The van der Waals surface area contributed by atoms with Crippen LogP contribution in [0.2, 0.25) is 0 Å². The van der Waals surface area contributed by atoms with Crippen molar-refractivity contribution >= 4 is 20.8 Å². The molecule has 0 spiro atoms. The first-order valence-electron chi connectivity index (χ1n) is 8.59. The maximum atomic E-state index is 13.1. The number of piperazine rings is 1. The number of nitrogens with one attached hydrogen (secondary N) is 1. The Balaban J connectivity index is 1.57. The molecule has 0 radical (unpaired) electrons. The summed E-state index contributed by atoms with van der Waals surface area (Å²) >= 11 is 0. The van der Waals surface area contributed by atoms with Gasteiger partial charge in [-0.2, -0.15) is 4.31 Å². The Hall–Kier alpha value is -1.47. The highest BCUT2D eigenvalue weighted by atomic mass is 32.2. The van der Waals surface area contributed by atoms with E-state index in [1.54, 1.807) is 10.4 Å². The molecule has 5 nitrogen and oxygen atoms in total. The predicted octanol–water partition coefficient (Wildman–Crippen LogP) is 1.51. The Morgan fingerprint density at radius 3 is 2.46 bits per heavy atom. The van der Waals surface area contributed by atoms with Gasteiger partial charge in [0, 0.05) is 44.2 Å². The summed E-state index contributed by atoms with van der Waals surface area (Å²) in [7, 11) is -3.44. The molecule has 0 aliphatic carbocycles. The summed E-state index contributed by atoms with van der Waals surface area (Å²) < 4.78 is 27.9. The first-order valence-corrected chi connectivity index (χ1v) is 10.0. The van der Waals surface area contributed by atoms with Gasteiger partial charge in [0.15, 0.2) is 0 Å². The van der Waals surface area contributed by atoms with Crippen LogP contribution in [0, 0.1) is 0 Å². The molecule has 0 aromatic heterocycles. The van der Waals surface area contributed by atoms with Crippen LogP contribution in [-0.2, 0) is 10.0 Å². The van der Waals surface area contributed by atoms with E-state index in [4.69, 9.17) is 0 Å². The number of fused-ring (bicyclic) bond motifs is 1. The molecule has 1 atom stereocenters. The maximum Gasteiger partial charge on any atom is 0.243 e. The second-order valence-electron chi connectivity index (χ2n) is 6.56. The van der Waals surface area contributed by atoms with Crippen molar-refractivity contribution in [3.05, 3.63) is 42.5 Å². The van der Waals surface area contributed by atoms with Crippen molar-refractivity contribution in [3.63, 3.8) is 0 Å². The van der Waals surface area contributed by atoms with E-state index in [1.165, 1.54) is 0 Å². The van der Waals surface area contributed by atoms with Crippen LogP contribution in [0.15, 0.2) is 47.4 Å². The molecule has 2 aromatic carbocycles. The van der Waals surface area contributed by atoms with E-state index >= 15 is 0 Å². The van der Waals surface area contributed by atoms with Crippen LogP contribution in [-0.4, -0.2) is 62.9 Å². The number of sulfonamides is 1. The van der Waals surface area contributed by atoms with Gasteiger partial charge in [0.2, 0.25) is 10.0 Å². The van der Waals surface area contributed by atoms with Gasteiger partial charge in [0.1, 0.15) is 0 Å². The second kappa shape index (κ2) is 6.44. The fraction of sp³-hybridized carbons (Fsp3) is 0.444. The van der Waals surface area contributed by atoms with Crippen molar-refractivity contribution in [1.29, 1.82) is 0 Å². The third-order valence-electron chi connectivity index (χ3n) is 5.19. The third-order valence-corrected chi connectivity index (χ3v) is 7.15. The summed E-state index contributed by atoms with van der Waals surface area (Å²) in [5.41, 5.74) is 0. The Kier molecular flexibility index (Phi) is 4.30. The molecule has 0 amide bonds. The fourth-order valence-electron chi connectivity index (χ4n) is 3.82. The summed E-state index contributed by atoms with van der Waals surface area (Å²) in [5, 5.41) is 5.16. The fourth-order valence-corrected chi connectivity index (χ4v) is 5.46. The van der Waals surface area contributed by atoms with Crippen molar-refractivity contribution in [2.24, 2.45) is 0 Å². The standard InChI is InChI=1S/C18H23N3O2S/c22-24(23,18-7-3-5-15-4-1-2-6-17(15)18)21-12-10-20(11-13-21)16-8-9-19-14-16/h1-7,16,19H,8-14H2. The first kappa shape index (κ1) is 16.0. The zero-order chi connectivity index (χ0) is 16.6. The normalized spacial score (nSPS) is 23.8. The molecule has 4 rings (SSSR count). The molecule has 2 aliphatic heterocycles. The van der Waals surface area contributed by atoms with Gasteiger partial charge in [0.25, 0.3) is 0 Å². The van der Waals surface area contributed by atoms with Gasteiger partial charge < -0.3 is 5.32 Å². The van der Waals surface area contributed by atoms with Gasteiger partial charge in [-0.15, -0.1) is 0 Å². The van der Waals surface area contributed by atoms with Gasteiger partial charge in [-0.05, 0) is 24.4 Å². The SMILES string of the molecule is O=S(=O)(c1cccc2ccccc12)N1CCN(C2CCNC2)CC1. The number of rotatable bonds is 3. The molecular weight excluding hydrogens is 322 g/mol. The molecule has 24 heavy (non-hydrogen) atoms. The van der Waals surface area contributed by atoms with Gasteiger partial charge >= 0.3 is 0 Å². The molecule has 2 fully saturated rings. The molecule has 2 heterocycles. The lowest BCUT2D eigenvalue weighted by Gasteiger charge is -2.37. The van der Waals surface area contributed by atoms with Gasteiger partial charge in [0.05, 0.1) is 4.90 Å². The molecular formula is C18H23N3O2S. The van der Waals surface area contributed by atoms with Crippen molar-refractivity contribution in [2.45, 2.75) is 17.4 Å². The summed E-state index contributed by atoms with van der Waals surface area (Å²) in [6.45, 7) is 4.87. The number of benzene rings is 2. The van der Waals surface area contributed by atoms with E-state index in [0.29, 0.717) is 24.0 Å². The van der Waals surface area contributed by atoms with E-state index < -0.39 is 10.0 Å². The third kappa shape index (κ3) is 2.84. The minimum atomic E-state index is -3.44. The highest BCUT2D eigenvalue weighted by Crippen LogP contribution is 2.26. The Labute approximate surface area is 143 Å². The molecule has 6 heteroatoms. The minimum absolute atomic E-state index is 0.427. The highest BCUT2D eigenvalue weighted by molar-refractivity contribution is 7.89. The lowest BCUT2D eigenvalue weighted by atomic mass is 10.1. The van der Waals surface area contributed by atoms with E-state index in [-0.39, 0.29) is 0 Å². The van der Waals surface area contributed by atoms with Crippen LogP contribution >= 0.6 is 0 Å². The van der Waals surface area contributed by atoms with Crippen molar-refractivity contribution in [2.75, 3.05) is 39.3 Å². The molecule has 1 N–H and O–H groups in total. The van der Waals surface area contributed by atoms with Crippen LogP contribution in [0.1, 0.15) is 6.42 Å². The molecule has 2 saturated heterocycles. The maximum absolute atomic E-state index is 13.1. The zero-order valence-corrected chi connectivity index (χ0v) is 14.5. The molecule has 0 saturated carbocycles. The van der Waals surface area contributed by atoms with E-state index in [2.05, 4.69) is 10.2 Å². The van der Waals surface area contributed by atoms with Gasteiger partial charge in [-0.25, -0.2) is 8.42 Å².